The Hall–Kier alpha value is -2.73. The molecule has 4 heterocycles. The van der Waals surface area contributed by atoms with Crippen LogP contribution in [0.2, 0.25) is 0 Å². The van der Waals surface area contributed by atoms with E-state index in [9.17, 15) is 4.79 Å². The minimum Gasteiger partial charge on any atom is -0.340 e. The Balaban J connectivity index is 1.69. The van der Waals surface area contributed by atoms with Gasteiger partial charge in [-0.25, -0.2) is 4.98 Å². The number of likely N-dealkylation sites (tertiary alicyclic amines) is 1. The molecule has 0 spiro atoms. The fourth-order valence-electron chi connectivity index (χ4n) is 4.08. The van der Waals surface area contributed by atoms with Gasteiger partial charge in [0.25, 0.3) is 5.91 Å². The van der Waals surface area contributed by atoms with E-state index < -0.39 is 0 Å². The molecule has 146 valence electrons. The highest BCUT2D eigenvalue weighted by Gasteiger charge is 2.31. The van der Waals surface area contributed by atoms with Gasteiger partial charge in [-0.15, -0.1) is 0 Å². The van der Waals surface area contributed by atoms with Crippen LogP contribution in [0.15, 0.2) is 48.8 Å². The van der Waals surface area contributed by atoms with Gasteiger partial charge in [-0.1, -0.05) is 19.1 Å². The Morgan fingerprint density at radius 1 is 1.25 bits per heavy atom. The van der Waals surface area contributed by atoms with Gasteiger partial charge in [-0.2, -0.15) is 0 Å². The Morgan fingerprint density at radius 3 is 2.89 bits per heavy atom. The highest BCUT2D eigenvalue weighted by Crippen LogP contribution is 2.33. The Labute approximate surface area is 165 Å². The predicted octanol–water partition coefficient (Wildman–Crippen LogP) is 3.55. The largest absolute Gasteiger partial charge is 0.340 e. The molecule has 1 amide bonds. The van der Waals surface area contributed by atoms with Crippen molar-refractivity contribution in [1.29, 1.82) is 0 Å². The molecular formula is C22H27N5O. The average Bonchev–Trinajstić information content (AvgIpc) is 3.32. The van der Waals surface area contributed by atoms with Crippen molar-refractivity contribution in [3.05, 3.63) is 66.0 Å². The smallest absolute Gasteiger partial charge is 0.274 e. The first-order valence-corrected chi connectivity index (χ1v) is 10.1. The fraction of sp³-hybridized carbons (Fsp3) is 0.409. The summed E-state index contributed by atoms with van der Waals surface area (Å²) < 4.78 is 2.09. The molecule has 0 radical (unpaired) electrons. The predicted molar refractivity (Wildman–Crippen MR) is 109 cm³/mol. The summed E-state index contributed by atoms with van der Waals surface area (Å²) >= 11 is 0. The third kappa shape index (κ3) is 3.52. The van der Waals surface area contributed by atoms with Crippen molar-refractivity contribution in [2.24, 2.45) is 0 Å². The summed E-state index contributed by atoms with van der Waals surface area (Å²) in [6, 6.07) is 12.2. The Bertz CT molecular complexity index is 952. The van der Waals surface area contributed by atoms with Crippen molar-refractivity contribution < 1.29 is 4.79 Å². The van der Waals surface area contributed by atoms with Crippen molar-refractivity contribution >= 4 is 11.4 Å². The van der Waals surface area contributed by atoms with E-state index in [1.807, 2.05) is 49.8 Å². The first-order valence-electron chi connectivity index (χ1n) is 10.1. The third-order valence-electron chi connectivity index (χ3n) is 5.44. The summed E-state index contributed by atoms with van der Waals surface area (Å²) in [6.07, 6.45) is 6.95. The summed E-state index contributed by atoms with van der Waals surface area (Å²) in [5, 5.41) is 0. The monoisotopic (exact) mass is 377 g/mol. The summed E-state index contributed by atoms with van der Waals surface area (Å²) in [5.41, 5.74) is 2.50. The molecule has 1 aliphatic heterocycles. The van der Waals surface area contributed by atoms with Gasteiger partial charge in [0.15, 0.2) is 5.69 Å². The van der Waals surface area contributed by atoms with Crippen LogP contribution >= 0.6 is 0 Å². The van der Waals surface area contributed by atoms with Gasteiger partial charge < -0.3 is 9.30 Å². The highest BCUT2D eigenvalue weighted by molar-refractivity contribution is 5.99. The number of aromatic nitrogens is 3. The quantitative estimate of drug-likeness (QED) is 0.659. The van der Waals surface area contributed by atoms with Gasteiger partial charge in [0.2, 0.25) is 0 Å². The van der Waals surface area contributed by atoms with Gasteiger partial charge in [-0.05, 0) is 50.1 Å². The van der Waals surface area contributed by atoms with E-state index in [-0.39, 0.29) is 11.9 Å². The average molecular weight is 377 g/mol. The van der Waals surface area contributed by atoms with Crippen LogP contribution in [-0.4, -0.2) is 50.2 Å². The minimum absolute atomic E-state index is 0.00827. The lowest BCUT2D eigenvalue weighted by Gasteiger charge is -2.23. The van der Waals surface area contributed by atoms with Gasteiger partial charge in [-0.3, -0.25) is 14.7 Å². The lowest BCUT2D eigenvalue weighted by atomic mass is 10.2. The zero-order chi connectivity index (χ0) is 19.5. The first kappa shape index (κ1) is 18.6. The molecule has 3 aromatic rings. The normalized spacial score (nSPS) is 17.3. The molecule has 0 bridgehead atoms. The zero-order valence-electron chi connectivity index (χ0n) is 16.6. The fourth-order valence-corrected chi connectivity index (χ4v) is 4.08. The molecule has 4 rings (SSSR count). The number of imidazole rings is 1. The number of amides is 1. The van der Waals surface area contributed by atoms with Crippen LogP contribution in [0.1, 0.15) is 54.2 Å². The molecule has 0 aromatic carbocycles. The molecule has 6 nitrogen and oxygen atoms in total. The maximum atomic E-state index is 13.0. The molecule has 1 atom stereocenters. The molecule has 3 aromatic heterocycles. The van der Waals surface area contributed by atoms with Gasteiger partial charge in [0, 0.05) is 32.5 Å². The number of pyridine rings is 2. The molecule has 0 aliphatic carbocycles. The van der Waals surface area contributed by atoms with Crippen LogP contribution in [0.3, 0.4) is 0 Å². The van der Waals surface area contributed by atoms with E-state index >= 15 is 0 Å². The molecule has 1 saturated heterocycles. The van der Waals surface area contributed by atoms with Crippen LogP contribution < -0.4 is 0 Å². The van der Waals surface area contributed by atoms with Crippen molar-refractivity contribution in [3.8, 4) is 0 Å². The molecule has 1 aliphatic rings. The second-order valence-electron chi connectivity index (χ2n) is 7.45. The van der Waals surface area contributed by atoms with Gasteiger partial charge in [0.05, 0.1) is 17.3 Å². The SMILES string of the molecule is CCCN(C)C(=O)c1nc([C@@H]2CCCN2Cc2ccccn2)n2ccccc12. The van der Waals surface area contributed by atoms with Gasteiger partial charge in [0.1, 0.15) is 5.82 Å². The molecule has 0 unspecified atom stereocenters. The number of fused-ring (bicyclic) bond motifs is 1. The number of hydrogen-bond acceptors (Lipinski definition) is 4. The van der Waals surface area contributed by atoms with E-state index in [1.165, 1.54) is 0 Å². The molecule has 28 heavy (non-hydrogen) atoms. The highest BCUT2D eigenvalue weighted by atomic mass is 16.2. The van der Waals surface area contributed by atoms with Crippen LogP contribution in [-0.2, 0) is 6.54 Å². The van der Waals surface area contributed by atoms with Crippen LogP contribution in [0.5, 0.6) is 0 Å². The van der Waals surface area contributed by atoms with E-state index in [0.717, 1.165) is 55.9 Å². The second kappa shape index (κ2) is 8.10. The first-order chi connectivity index (χ1) is 13.7. The number of carbonyl (C=O) groups excluding carboxylic acids is 1. The maximum absolute atomic E-state index is 13.0. The van der Waals surface area contributed by atoms with Crippen molar-refractivity contribution in [2.45, 2.75) is 38.8 Å². The van der Waals surface area contributed by atoms with Gasteiger partial charge >= 0.3 is 0 Å². The van der Waals surface area contributed by atoms with E-state index in [1.54, 1.807) is 4.90 Å². The number of hydrogen-bond donors (Lipinski definition) is 0. The lowest BCUT2D eigenvalue weighted by Crippen LogP contribution is -2.28. The standard InChI is InChI=1S/C22H27N5O/c1-3-13-25(2)22(28)20-18-10-5-7-15-27(18)21(24-20)19-11-8-14-26(19)16-17-9-4-6-12-23-17/h4-7,9-10,12,15,19H,3,8,11,13-14,16H2,1-2H3/t19-/m0/s1. The van der Waals surface area contributed by atoms with Crippen molar-refractivity contribution in [2.75, 3.05) is 20.1 Å². The van der Waals surface area contributed by atoms with Crippen LogP contribution in [0, 0.1) is 0 Å². The van der Waals surface area contributed by atoms with E-state index in [0.29, 0.717) is 5.69 Å². The van der Waals surface area contributed by atoms with E-state index in [2.05, 4.69) is 27.3 Å². The van der Waals surface area contributed by atoms with Crippen LogP contribution in [0.25, 0.3) is 5.52 Å². The summed E-state index contributed by atoms with van der Waals surface area (Å²) in [5.74, 6) is 0.948. The summed E-state index contributed by atoms with van der Waals surface area (Å²) in [7, 11) is 1.85. The maximum Gasteiger partial charge on any atom is 0.274 e. The lowest BCUT2D eigenvalue weighted by molar-refractivity contribution is 0.0791. The molecule has 1 fully saturated rings. The summed E-state index contributed by atoms with van der Waals surface area (Å²) in [6.45, 7) is 4.62. The summed E-state index contributed by atoms with van der Waals surface area (Å²) in [4.78, 5) is 26.5. The topological polar surface area (TPSA) is 53.7 Å². The molecule has 0 saturated carbocycles. The third-order valence-corrected chi connectivity index (χ3v) is 5.44. The number of rotatable bonds is 6. The zero-order valence-corrected chi connectivity index (χ0v) is 16.6. The van der Waals surface area contributed by atoms with Crippen molar-refractivity contribution in [1.82, 2.24) is 24.2 Å². The number of carbonyl (C=O) groups is 1. The number of nitrogens with zero attached hydrogens (tertiary/aromatic N) is 5. The Morgan fingerprint density at radius 2 is 2.11 bits per heavy atom. The molecule has 0 N–H and O–H groups in total. The van der Waals surface area contributed by atoms with E-state index in [4.69, 9.17) is 4.98 Å². The molecular weight excluding hydrogens is 350 g/mol. The molecule has 6 heteroatoms. The Kier molecular flexibility index (Phi) is 5.39. The van der Waals surface area contributed by atoms with Crippen LogP contribution in [0.4, 0.5) is 0 Å². The minimum atomic E-state index is -0.00827. The van der Waals surface area contributed by atoms with Crippen molar-refractivity contribution in [3.63, 3.8) is 0 Å². The second-order valence-corrected chi connectivity index (χ2v) is 7.45.